The van der Waals surface area contributed by atoms with Gasteiger partial charge in [0.25, 0.3) is 5.91 Å². The van der Waals surface area contributed by atoms with Crippen LogP contribution in [0.25, 0.3) is 0 Å². The molecule has 3 atom stereocenters. The third kappa shape index (κ3) is 4.02. The number of hydrogen-bond acceptors (Lipinski definition) is 5. The highest BCUT2D eigenvalue weighted by Gasteiger charge is 2.62. The molecule has 10 nitrogen and oxygen atoms in total. The zero-order valence-electron chi connectivity index (χ0n) is 15.0. The van der Waals surface area contributed by atoms with E-state index in [1.54, 1.807) is 20.8 Å². The minimum absolute atomic E-state index is 0. The van der Waals surface area contributed by atoms with E-state index in [0.717, 1.165) is 0 Å². The predicted molar refractivity (Wildman–Crippen MR) is 88.5 cm³/mol. The van der Waals surface area contributed by atoms with Crippen molar-refractivity contribution in [2.45, 2.75) is 63.8 Å². The van der Waals surface area contributed by atoms with Crippen molar-refractivity contribution in [1.82, 2.24) is 9.80 Å². The molecule has 146 valence electrons. The molecule has 2 fully saturated rings. The normalized spacial score (nSPS) is 24.8. The molecule has 10 heteroatoms. The van der Waals surface area contributed by atoms with Crippen LogP contribution >= 0.6 is 0 Å². The number of aliphatic hydroxyl groups excluding tert-OH is 1. The van der Waals surface area contributed by atoms with Crippen LogP contribution in [0.1, 0.15) is 40.5 Å². The Bertz CT molecular complexity index is 532. The number of carbonyl (C=O) groups is 3. The van der Waals surface area contributed by atoms with E-state index in [0.29, 0.717) is 19.4 Å². The molecule has 2 aliphatic heterocycles. The monoisotopic (exact) mass is 363 g/mol. The molecular weight excluding hydrogens is 334 g/mol. The lowest BCUT2D eigenvalue weighted by Gasteiger charge is -2.53. The van der Waals surface area contributed by atoms with Crippen LogP contribution in [-0.4, -0.2) is 80.1 Å². The number of amides is 3. The molecule has 0 unspecified atom stereocenters. The summed E-state index contributed by atoms with van der Waals surface area (Å²) in [4.78, 5) is 39.2. The van der Waals surface area contributed by atoms with Crippen LogP contribution in [0.4, 0.5) is 4.79 Å². The maximum atomic E-state index is 12.7. The second-order valence-corrected chi connectivity index (χ2v) is 7.29. The van der Waals surface area contributed by atoms with E-state index in [2.05, 4.69) is 0 Å². The summed E-state index contributed by atoms with van der Waals surface area (Å²) in [7, 11) is 0. The van der Waals surface area contributed by atoms with Crippen molar-refractivity contribution >= 4 is 17.9 Å². The van der Waals surface area contributed by atoms with Gasteiger partial charge in [-0.2, -0.15) is 0 Å². The first-order valence-corrected chi connectivity index (χ1v) is 7.79. The van der Waals surface area contributed by atoms with Gasteiger partial charge in [0.15, 0.2) is 0 Å². The fraction of sp³-hybridized carbons (Fsp3) is 0.800. The van der Waals surface area contributed by atoms with Gasteiger partial charge in [0.1, 0.15) is 17.2 Å². The summed E-state index contributed by atoms with van der Waals surface area (Å²) in [5, 5.41) is 9.69. The molecule has 0 saturated carbocycles. The summed E-state index contributed by atoms with van der Waals surface area (Å²) in [5.74, 6) is -1.12. The molecule has 1 spiro atoms. The van der Waals surface area contributed by atoms with Gasteiger partial charge in [-0.1, -0.05) is 0 Å². The zero-order chi connectivity index (χ0) is 17.6. The number of hydrogen-bond donors (Lipinski definition) is 2. The van der Waals surface area contributed by atoms with E-state index in [-0.39, 0.29) is 23.4 Å². The Morgan fingerprint density at radius 2 is 1.88 bits per heavy atom. The van der Waals surface area contributed by atoms with E-state index in [1.165, 1.54) is 16.7 Å². The van der Waals surface area contributed by atoms with Gasteiger partial charge >= 0.3 is 6.09 Å². The second-order valence-electron chi connectivity index (χ2n) is 7.29. The minimum Gasteiger partial charge on any atom is -0.444 e. The average Bonchev–Trinajstić information content (AvgIpc) is 2.81. The van der Waals surface area contributed by atoms with E-state index < -0.39 is 35.3 Å². The molecule has 0 aromatic carbocycles. The number of ether oxygens (including phenoxy) is 1. The molecule has 2 aliphatic rings. The maximum absolute atomic E-state index is 12.7. The van der Waals surface area contributed by atoms with Crippen LogP contribution in [0.2, 0.25) is 0 Å². The summed E-state index contributed by atoms with van der Waals surface area (Å²) >= 11 is 0. The van der Waals surface area contributed by atoms with Gasteiger partial charge in [0.2, 0.25) is 5.91 Å². The number of carbonyl (C=O) groups excluding carboxylic acids is 3. The molecule has 2 saturated heterocycles. The van der Waals surface area contributed by atoms with Crippen molar-refractivity contribution in [2.24, 2.45) is 5.73 Å². The van der Waals surface area contributed by atoms with Crippen LogP contribution in [0.5, 0.6) is 0 Å². The lowest BCUT2D eigenvalue weighted by molar-refractivity contribution is -0.171. The Morgan fingerprint density at radius 1 is 1.32 bits per heavy atom. The first-order valence-electron chi connectivity index (χ1n) is 7.79. The number of primary amides is 1. The minimum atomic E-state index is -1.07. The number of nitrogens with two attached hydrogens (primary N) is 1. The van der Waals surface area contributed by atoms with Gasteiger partial charge in [-0.05, 0) is 40.5 Å². The van der Waals surface area contributed by atoms with E-state index >= 15 is 0 Å². The highest BCUT2D eigenvalue weighted by molar-refractivity contribution is 5.99. The van der Waals surface area contributed by atoms with Crippen molar-refractivity contribution < 1.29 is 35.2 Å². The Kier molecular flexibility index (Phi) is 6.97. The van der Waals surface area contributed by atoms with Gasteiger partial charge in [0, 0.05) is 6.54 Å². The quantitative estimate of drug-likeness (QED) is 0.560. The molecule has 0 radical (unpaired) electrons. The Morgan fingerprint density at radius 3 is 2.28 bits per heavy atom. The molecule has 3 amide bonds. The number of β-lactam (4-membered cyclic amide) rings is 1. The molecule has 0 aromatic heterocycles. The van der Waals surface area contributed by atoms with Crippen molar-refractivity contribution in [3.63, 3.8) is 0 Å². The smallest absolute Gasteiger partial charge is 0.411 e. The first-order chi connectivity index (χ1) is 10.5. The average molecular weight is 363 g/mol. The lowest BCUT2D eigenvalue weighted by Crippen LogP contribution is -2.77. The molecule has 25 heavy (non-hydrogen) atoms. The van der Waals surface area contributed by atoms with Crippen molar-refractivity contribution in [3.8, 4) is 0 Å². The van der Waals surface area contributed by atoms with Crippen LogP contribution in [-0.2, 0) is 14.3 Å². The Hall–Kier alpha value is -1.91. The number of nitrogens with zero attached hydrogens (tertiary/aromatic N) is 2. The fourth-order valence-electron chi connectivity index (χ4n) is 3.32. The largest absolute Gasteiger partial charge is 0.444 e. The van der Waals surface area contributed by atoms with E-state index in [9.17, 15) is 19.5 Å². The summed E-state index contributed by atoms with van der Waals surface area (Å²) in [6.07, 6.45) is -0.387. The van der Waals surface area contributed by atoms with Crippen LogP contribution in [0, 0.1) is 0 Å². The molecule has 0 aliphatic carbocycles. The molecule has 0 bridgehead atoms. The predicted octanol–water partition coefficient (Wildman–Crippen LogP) is -1.82. The zero-order valence-corrected chi connectivity index (χ0v) is 15.0. The number of aliphatic hydroxyl groups is 1. The summed E-state index contributed by atoms with van der Waals surface area (Å²) < 4.78 is 5.37. The standard InChI is InChI=1S/C15H25N3O5.2H2O/c1-9(19)10(11(16)20)17-8-15(12(17)21)6-5-7-18(15)13(22)23-14(2,3)4;;/h9-10,19H,5-8H2,1-4H3,(H2,16,20);2*1H2/t9-,10+,15+;;/m1../s1. The highest BCUT2D eigenvalue weighted by Crippen LogP contribution is 2.41. The van der Waals surface area contributed by atoms with Gasteiger partial charge in [-0.15, -0.1) is 0 Å². The summed E-state index contributed by atoms with van der Waals surface area (Å²) in [5.41, 5.74) is 3.66. The number of rotatable bonds is 3. The molecular formula is C15H29N3O7. The second kappa shape index (κ2) is 7.54. The van der Waals surface area contributed by atoms with Gasteiger partial charge < -0.3 is 31.4 Å². The third-order valence-corrected chi connectivity index (χ3v) is 4.28. The van der Waals surface area contributed by atoms with Crippen molar-refractivity contribution in [2.75, 3.05) is 13.1 Å². The highest BCUT2D eigenvalue weighted by atomic mass is 16.6. The van der Waals surface area contributed by atoms with Crippen molar-refractivity contribution in [1.29, 1.82) is 0 Å². The van der Waals surface area contributed by atoms with Gasteiger partial charge in [-0.25, -0.2) is 4.79 Å². The van der Waals surface area contributed by atoms with E-state index in [1.807, 2.05) is 0 Å². The van der Waals surface area contributed by atoms with Crippen LogP contribution in [0.3, 0.4) is 0 Å². The maximum Gasteiger partial charge on any atom is 0.411 e. The first kappa shape index (κ1) is 23.1. The molecule has 2 rings (SSSR count). The van der Waals surface area contributed by atoms with Gasteiger partial charge in [-0.3, -0.25) is 14.5 Å². The molecule has 2 heterocycles. The SMILES string of the molecule is C[C@@H](O)[C@@H](C(N)=O)N1C[C@@]2(CCCN2C(=O)OC(C)(C)C)C1=O.O.O. The summed E-state index contributed by atoms with van der Waals surface area (Å²) in [6, 6.07) is -1.07. The fourth-order valence-corrected chi connectivity index (χ4v) is 3.32. The van der Waals surface area contributed by atoms with E-state index in [4.69, 9.17) is 10.5 Å². The summed E-state index contributed by atoms with van der Waals surface area (Å²) in [6.45, 7) is 7.32. The van der Waals surface area contributed by atoms with Crippen LogP contribution in [0.15, 0.2) is 0 Å². The topological polar surface area (TPSA) is 176 Å². The Labute approximate surface area is 146 Å². The lowest BCUT2D eigenvalue weighted by atomic mass is 9.83. The molecule has 0 aromatic rings. The number of likely N-dealkylation sites (tertiary alicyclic amines) is 2. The Balaban J connectivity index is 0.00000288. The molecule has 7 N–H and O–H groups in total. The van der Waals surface area contributed by atoms with Gasteiger partial charge in [0.05, 0.1) is 12.6 Å². The van der Waals surface area contributed by atoms with Crippen molar-refractivity contribution in [3.05, 3.63) is 0 Å². The third-order valence-electron chi connectivity index (χ3n) is 4.28. The van der Waals surface area contributed by atoms with Crippen LogP contribution < -0.4 is 5.73 Å².